The lowest BCUT2D eigenvalue weighted by Gasteiger charge is -2.32. The van der Waals surface area contributed by atoms with Crippen LogP contribution in [0, 0.1) is 11.6 Å². The standard InChI is InChI=1S/C15H19F2NO3/c16-11-4-5-13(12(17)8-11)21-9-14(19)18-10-15(20)6-2-1-3-7-15/h4-5,8,20H,1-3,6-7,9-10H2,(H,18,19). The second-order valence-corrected chi connectivity index (χ2v) is 5.43. The van der Waals surface area contributed by atoms with E-state index in [9.17, 15) is 18.7 Å². The van der Waals surface area contributed by atoms with E-state index in [1.807, 2.05) is 0 Å². The predicted octanol–water partition coefficient (Wildman–Crippen LogP) is 2.16. The number of rotatable bonds is 5. The molecule has 1 aromatic carbocycles. The summed E-state index contributed by atoms with van der Waals surface area (Å²) in [6.45, 7) is -0.209. The average Bonchev–Trinajstić information content (AvgIpc) is 2.45. The van der Waals surface area contributed by atoms with Crippen LogP contribution >= 0.6 is 0 Å². The molecule has 1 aromatic rings. The van der Waals surface area contributed by atoms with Gasteiger partial charge in [0, 0.05) is 12.6 Å². The molecule has 116 valence electrons. The van der Waals surface area contributed by atoms with Crippen molar-refractivity contribution < 1.29 is 23.4 Å². The third kappa shape index (κ3) is 4.67. The number of amides is 1. The summed E-state index contributed by atoms with van der Waals surface area (Å²) in [5.41, 5.74) is -0.852. The van der Waals surface area contributed by atoms with Crippen molar-refractivity contribution in [2.75, 3.05) is 13.2 Å². The summed E-state index contributed by atoms with van der Waals surface area (Å²) >= 11 is 0. The maximum atomic E-state index is 13.3. The minimum absolute atomic E-state index is 0.168. The number of hydrogen-bond donors (Lipinski definition) is 2. The van der Waals surface area contributed by atoms with Crippen molar-refractivity contribution in [2.24, 2.45) is 0 Å². The van der Waals surface area contributed by atoms with Gasteiger partial charge in [0.1, 0.15) is 5.82 Å². The van der Waals surface area contributed by atoms with E-state index < -0.39 is 23.1 Å². The van der Waals surface area contributed by atoms with Crippen LogP contribution < -0.4 is 10.1 Å². The maximum absolute atomic E-state index is 13.3. The normalized spacial score (nSPS) is 17.3. The molecule has 1 aliphatic rings. The van der Waals surface area contributed by atoms with E-state index in [1.54, 1.807) is 0 Å². The fraction of sp³-hybridized carbons (Fsp3) is 0.533. The summed E-state index contributed by atoms with van der Waals surface area (Å²) in [6, 6.07) is 2.88. The number of nitrogens with one attached hydrogen (secondary N) is 1. The van der Waals surface area contributed by atoms with Crippen molar-refractivity contribution in [1.82, 2.24) is 5.32 Å². The summed E-state index contributed by atoms with van der Waals surface area (Å²) in [6.07, 6.45) is 4.33. The Balaban J connectivity index is 1.77. The van der Waals surface area contributed by atoms with Gasteiger partial charge < -0.3 is 15.2 Å². The summed E-state index contributed by atoms with van der Waals surface area (Å²) in [5.74, 6) is -2.18. The van der Waals surface area contributed by atoms with Gasteiger partial charge in [0.25, 0.3) is 5.91 Å². The van der Waals surface area contributed by atoms with E-state index in [0.717, 1.165) is 31.4 Å². The quantitative estimate of drug-likeness (QED) is 0.876. The van der Waals surface area contributed by atoms with Crippen LogP contribution in [0.1, 0.15) is 32.1 Å². The Morgan fingerprint density at radius 3 is 2.67 bits per heavy atom. The Morgan fingerprint density at radius 2 is 2.00 bits per heavy atom. The van der Waals surface area contributed by atoms with Crippen molar-refractivity contribution in [1.29, 1.82) is 0 Å². The zero-order valence-corrected chi connectivity index (χ0v) is 11.7. The topological polar surface area (TPSA) is 58.6 Å². The Hall–Kier alpha value is -1.69. The van der Waals surface area contributed by atoms with Crippen LogP contribution in [0.3, 0.4) is 0 Å². The highest BCUT2D eigenvalue weighted by Gasteiger charge is 2.29. The molecular weight excluding hydrogens is 280 g/mol. The van der Waals surface area contributed by atoms with Gasteiger partial charge in [-0.05, 0) is 25.0 Å². The first kappa shape index (κ1) is 15.7. The zero-order chi connectivity index (χ0) is 15.3. The lowest BCUT2D eigenvalue weighted by molar-refractivity contribution is -0.124. The number of hydrogen-bond acceptors (Lipinski definition) is 3. The summed E-state index contributed by atoms with van der Waals surface area (Å²) in [7, 11) is 0. The minimum atomic E-state index is -0.853. The molecule has 0 spiro atoms. The number of halogens is 2. The second-order valence-electron chi connectivity index (χ2n) is 5.43. The average molecular weight is 299 g/mol. The molecule has 0 atom stereocenters. The van der Waals surface area contributed by atoms with Gasteiger partial charge in [-0.15, -0.1) is 0 Å². The monoisotopic (exact) mass is 299 g/mol. The summed E-state index contributed by atoms with van der Waals surface area (Å²) in [4.78, 5) is 11.6. The molecular formula is C15H19F2NO3. The largest absolute Gasteiger partial charge is 0.481 e. The van der Waals surface area contributed by atoms with E-state index in [1.165, 1.54) is 0 Å². The Bertz CT molecular complexity index is 502. The summed E-state index contributed by atoms with van der Waals surface area (Å²) < 4.78 is 31.0. The first-order valence-corrected chi connectivity index (χ1v) is 7.05. The van der Waals surface area contributed by atoms with Crippen LogP contribution in [0.2, 0.25) is 0 Å². The summed E-state index contributed by atoms with van der Waals surface area (Å²) in [5, 5.41) is 12.8. The van der Waals surface area contributed by atoms with Crippen molar-refractivity contribution in [3.63, 3.8) is 0 Å². The molecule has 2 N–H and O–H groups in total. The predicted molar refractivity (Wildman–Crippen MR) is 72.9 cm³/mol. The molecule has 2 rings (SSSR count). The molecule has 0 aromatic heterocycles. The number of carbonyl (C=O) groups excluding carboxylic acids is 1. The molecule has 0 heterocycles. The van der Waals surface area contributed by atoms with Gasteiger partial charge in [0.15, 0.2) is 18.2 Å². The van der Waals surface area contributed by atoms with Crippen LogP contribution in [0.15, 0.2) is 18.2 Å². The lowest BCUT2D eigenvalue weighted by atomic mass is 9.85. The molecule has 1 amide bonds. The molecule has 0 saturated heterocycles. The first-order chi connectivity index (χ1) is 9.98. The zero-order valence-electron chi connectivity index (χ0n) is 11.7. The third-order valence-corrected chi connectivity index (χ3v) is 3.65. The molecule has 1 saturated carbocycles. The SMILES string of the molecule is O=C(COc1ccc(F)cc1F)NCC1(O)CCCCC1. The van der Waals surface area contributed by atoms with Gasteiger partial charge in [0.2, 0.25) is 0 Å². The van der Waals surface area contributed by atoms with E-state index >= 15 is 0 Å². The van der Waals surface area contributed by atoms with E-state index in [2.05, 4.69) is 5.32 Å². The highest BCUT2D eigenvalue weighted by atomic mass is 19.1. The molecule has 0 unspecified atom stereocenters. The smallest absolute Gasteiger partial charge is 0.258 e. The van der Waals surface area contributed by atoms with Gasteiger partial charge >= 0.3 is 0 Å². The van der Waals surface area contributed by atoms with Crippen molar-refractivity contribution in [3.05, 3.63) is 29.8 Å². The van der Waals surface area contributed by atoms with Crippen LogP contribution in [0.5, 0.6) is 5.75 Å². The highest BCUT2D eigenvalue weighted by Crippen LogP contribution is 2.27. The maximum Gasteiger partial charge on any atom is 0.258 e. The van der Waals surface area contributed by atoms with Gasteiger partial charge in [-0.1, -0.05) is 19.3 Å². The molecule has 1 aliphatic carbocycles. The van der Waals surface area contributed by atoms with Crippen molar-refractivity contribution >= 4 is 5.91 Å². The van der Waals surface area contributed by atoms with Crippen LogP contribution in [0.4, 0.5) is 8.78 Å². The Kier molecular flexibility index (Phi) is 5.12. The van der Waals surface area contributed by atoms with Crippen LogP contribution in [-0.4, -0.2) is 29.8 Å². The second kappa shape index (κ2) is 6.85. The Morgan fingerprint density at radius 1 is 1.29 bits per heavy atom. The number of ether oxygens (including phenoxy) is 1. The molecule has 6 heteroatoms. The number of carbonyl (C=O) groups is 1. The van der Waals surface area contributed by atoms with Crippen LogP contribution in [0.25, 0.3) is 0 Å². The third-order valence-electron chi connectivity index (χ3n) is 3.65. The van der Waals surface area contributed by atoms with Gasteiger partial charge in [-0.3, -0.25) is 4.79 Å². The highest BCUT2D eigenvalue weighted by molar-refractivity contribution is 5.77. The molecule has 1 fully saturated rings. The fourth-order valence-electron chi connectivity index (χ4n) is 2.44. The lowest BCUT2D eigenvalue weighted by Crippen LogP contribution is -2.45. The van der Waals surface area contributed by atoms with E-state index in [0.29, 0.717) is 18.9 Å². The van der Waals surface area contributed by atoms with Crippen LogP contribution in [-0.2, 0) is 4.79 Å². The van der Waals surface area contributed by atoms with Crippen molar-refractivity contribution in [3.8, 4) is 5.75 Å². The van der Waals surface area contributed by atoms with Gasteiger partial charge in [0.05, 0.1) is 5.60 Å². The molecule has 0 aliphatic heterocycles. The number of benzene rings is 1. The van der Waals surface area contributed by atoms with E-state index in [-0.39, 0.29) is 18.9 Å². The molecule has 21 heavy (non-hydrogen) atoms. The molecule has 0 radical (unpaired) electrons. The Labute approximate surface area is 122 Å². The first-order valence-electron chi connectivity index (χ1n) is 7.05. The van der Waals surface area contributed by atoms with Gasteiger partial charge in [-0.25, -0.2) is 8.78 Å². The van der Waals surface area contributed by atoms with Gasteiger partial charge in [-0.2, -0.15) is 0 Å². The fourth-order valence-corrected chi connectivity index (χ4v) is 2.44. The number of aliphatic hydroxyl groups is 1. The minimum Gasteiger partial charge on any atom is -0.481 e. The molecule has 0 bridgehead atoms. The molecule has 4 nitrogen and oxygen atoms in total. The van der Waals surface area contributed by atoms with E-state index in [4.69, 9.17) is 4.74 Å². The van der Waals surface area contributed by atoms with Crippen molar-refractivity contribution in [2.45, 2.75) is 37.7 Å².